The standard InChI is InChI=1S/C20H18BrN7O3/c21-16-8-23-7-11(25-16)6-15(29)14-5-10-4-13(10)28(14)17(30)9-27-20-12(2-1-3-24-20)18(26-27)19(22)31/h1-3,7-8,10,13-14H,4-6,9H2,(H2,22,31)/t10-,13?,14+/m1/s1. The lowest BCUT2D eigenvalue weighted by Gasteiger charge is -2.26. The number of piperidine rings is 1. The molecular weight excluding hydrogens is 466 g/mol. The van der Waals surface area contributed by atoms with E-state index in [1.54, 1.807) is 35.6 Å². The molecule has 3 atom stereocenters. The summed E-state index contributed by atoms with van der Waals surface area (Å²) in [5, 5.41) is 4.70. The number of likely N-dealkylation sites (tertiary alicyclic amines) is 1. The maximum absolute atomic E-state index is 13.2. The van der Waals surface area contributed by atoms with Crippen LogP contribution in [0, 0.1) is 5.92 Å². The van der Waals surface area contributed by atoms with Crippen LogP contribution in [0.3, 0.4) is 0 Å². The highest BCUT2D eigenvalue weighted by molar-refractivity contribution is 9.10. The van der Waals surface area contributed by atoms with Crippen LogP contribution in [0.25, 0.3) is 11.0 Å². The van der Waals surface area contributed by atoms with Crippen molar-refractivity contribution in [1.82, 2.24) is 29.6 Å². The number of ketones is 1. The van der Waals surface area contributed by atoms with Crippen molar-refractivity contribution in [3.63, 3.8) is 0 Å². The monoisotopic (exact) mass is 483 g/mol. The van der Waals surface area contributed by atoms with Crippen molar-refractivity contribution >= 4 is 44.6 Å². The first-order valence-electron chi connectivity index (χ1n) is 9.84. The molecule has 158 valence electrons. The third-order valence-electron chi connectivity index (χ3n) is 5.80. The Morgan fingerprint density at radius 2 is 2.06 bits per heavy atom. The van der Waals surface area contributed by atoms with Gasteiger partial charge in [-0.05, 0) is 46.8 Å². The molecule has 3 aromatic rings. The molecule has 5 rings (SSSR count). The summed E-state index contributed by atoms with van der Waals surface area (Å²) < 4.78 is 1.94. The van der Waals surface area contributed by atoms with Crippen molar-refractivity contribution in [3.05, 3.63) is 46.7 Å². The van der Waals surface area contributed by atoms with E-state index in [1.165, 1.54) is 4.68 Å². The minimum Gasteiger partial charge on any atom is -0.364 e. The molecule has 0 radical (unpaired) electrons. The van der Waals surface area contributed by atoms with Crippen LogP contribution in [-0.2, 0) is 22.6 Å². The summed E-state index contributed by atoms with van der Waals surface area (Å²) in [4.78, 5) is 52.2. The second kappa shape index (κ2) is 7.49. The summed E-state index contributed by atoms with van der Waals surface area (Å²) in [6.45, 7) is -0.121. The number of hydrogen-bond donors (Lipinski definition) is 1. The number of amides is 2. The number of aromatic nitrogens is 5. The van der Waals surface area contributed by atoms with E-state index in [4.69, 9.17) is 5.73 Å². The molecule has 2 aliphatic rings. The van der Waals surface area contributed by atoms with E-state index in [9.17, 15) is 14.4 Å². The van der Waals surface area contributed by atoms with Crippen LogP contribution in [-0.4, -0.2) is 59.3 Å². The van der Waals surface area contributed by atoms with E-state index in [2.05, 4.69) is 36.0 Å². The Kier molecular flexibility index (Phi) is 4.77. The van der Waals surface area contributed by atoms with Gasteiger partial charge in [-0.3, -0.25) is 19.4 Å². The first-order valence-corrected chi connectivity index (χ1v) is 10.6. The maximum Gasteiger partial charge on any atom is 0.269 e. The number of nitrogens with zero attached hydrogens (tertiary/aromatic N) is 6. The Hall–Kier alpha value is -3.21. The predicted molar refractivity (Wildman–Crippen MR) is 112 cm³/mol. The molecule has 2 N–H and O–H groups in total. The van der Waals surface area contributed by atoms with Crippen molar-refractivity contribution in [1.29, 1.82) is 0 Å². The summed E-state index contributed by atoms with van der Waals surface area (Å²) in [6, 6.07) is 2.94. The zero-order valence-corrected chi connectivity index (χ0v) is 17.9. The second-order valence-electron chi connectivity index (χ2n) is 7.84. The molecule has 3 aromatic heterocycles. The lowest BCUT2D eigenvalue weighted by molar-refractivity contribution is -0.139. The van der Waals surface area contributed by atoms with Gasteiger partial charge in [-0.1, -0.05) is 0 Å². The summed E-state index contributed by atoms with van der Waals surface area (Å²) in [5.41, 5.74) is 6.46. The number of nitrogens with two attached hydrogens (primary N) is 1. The van der Waals surface area contributed by atoms with Gasteiger partial charge >= 0.3 is 0 Å². The largest absolute Gasteiger partial charge is 0.364 e. The molecular formula is C20H18BrN7O3. The smallest absolute Gasteiger partial charge is 0.269 e. The van der Waals surface area contributed by atoms with Crippen LogP contribution in [0.4, 0.5) is 0 Å². The molecule has 4 heterocycles. The van der Waals surface area contributed by atoms with E-state index in [0.717, 1.165) is 6.42 Å². The Balaban J connectivity index is 1.38. The molecule has 0 aromatic carbocycles. The van der Waals surface area contributed by atoms with Gasteiger partial charge < -0.3 is 10.6 Å². The van der Waals surface area contributed by atoms with Crippen molar-refractivity contribution < 1.29 is 14.4 Å². The summed E-state index contributed by atoms with van der Waals surface area (Å²) in [6.07, 6.45) is 6.33. The van der Waals surface area contributed by atoms with Gasteiger partial charge in [0.25, 0.3) is 5.91 Å². The molecule has 10 nitrogen and oxygen atoms in total. The fourth-order valence-electron chi connectivity index (χ4n) is 4.38. The number of Topliss-reactive ketones (excluding diaryl/α,β-unsaturated/α-hetero) is 1. The normalized spacial score (nSPS) is 21.8. The van der Waals surface area contributed by atoms with E-state index in [1.807, 2.05) is 0 Å². The average molecular weight is 484 g/mol. The highest BCUT2D eigenvalue weighted by Crippen LogP contribution is 2.48. The predicted octanol–water partition coefficient (Wildman–Crippen LogP) is 0.884. The molecule has 1 unspecified atom stereocenters. The topological polar surface area (TPSA) is 137 Å². The lowest BCUT2D eigenvalue weighted by atomic mass is 10.0. The van der Waals surface area contributed by atoms with Gasteiger partial charge in [-0.2, -0.15) is 5.10 Å². The summed E-state index contributed by atoms with van der Waals surface area (Å²) >= 11 is 3.26. The highest BCUT2D eigenvalue weighted by atomic mass is 79.9. The van der Waals surface area contributed by atoms with Crippen LogP contribution in [0.5, 0.6) is 0 Å². The lowest BCUT2D eigenvalue weighted by Crippen LogP contribution is -2.45. The van der Waals surface area contributed by atoms with E-state index >= 15 is 0 Å². The number of carbonyl (C=O) groups excluding carboxylic acids is 3. The highest BCUT2D eigenvalue weighted by Gasteiger charge is 2.55. The number of hydrogen-bond acceptors (Lipinski definition) is 7. The molecule has 11 heteroatoms. The maximum atomic E-state index is 13.2. The van der Waals surface area contributed by atoms with Crippen molar-refractivity contribution in [2.24, 2.45) is 11.7 Å². The number of rotatable bonds is 6. The van der Waals surface area contributed by atoms with Gasteiger partial charge in [-0.15, -0.1) is 0 Å². The molecule has 2 fully saturated rings. The van der Waals surface area contributed by atoms with Crippen LogP contribution in [0.1, 0.15) is 29.0 Å². The van der Waals surface area contributed by atoms with Gasteiger partial charge in [0.2, 0.25) is 5.91 Å². The quantitative estimate of drug-likeness (QED) is 0.549. The molecule has 0 spiro atoms. The fourth-order valence-corrected chi connectivity index (χ4v) is 4.72. The average Bonchev–Trinajstić information content (AvgIpc) is 3.24. The van der Waals surface area contributed by atoms with Gasteiger partial charge in [0.1, 0.15) is 11.1 Å². The minimum absolute atomic E-state index is 0.0609. The van der Waals surface area contributed by atoms with Crippen LogP contribution in [0.15, 0.2) is 35.3 Å². The van der Waals surface area contributed by atoms with E-state index in [0.29, 0.717) is 33.7 Å². The van der Waals surface area contributed by atoms with Crippen LogP contribution < -0.4 is 5.73 Å². The molecule has 0 bridgehead atoms. The molecule has 1 aliphatic carbocycles. The minimum atomic E-state index is -0.684. The zero-order chi connectivity index (χ0) is 21.7. The summed E-state index contributed by atoms with van der Waals surface area (Å²) in [5.74, 6) is -0.625. The molecule has 1 aliphatic heterocycles. The van der Waals surface area contributed by atoms with Crippen LogP contribution in [0.2, 0.25) is 0 Å². The third-order valence-corrected chi connectivity index (χ3v) is 6.18. The van der Waals surface area contributed by atoms with Gasteiger partial charge in [0.15, 0.2) is 17.1 Å². The Morgan fingerprint density at radius 1 is 1.23 bits per heavy atom. The SMILES string of the molecule is NC(=O)c1nn(CC(=O)N2C3C[C@@H]3C[C@H]2C(=O)Cc2cncc(Br)n2)c2ncccc12. The number of halogens is 1. The molecule has 1 saturated heterocycles. The molecule has 31 heavy (non-hydrogen) atoms. The van der Waals surface area contributed by atoms with Crippen molar-refractivity contribution in [3.8, 4) is 0 Å². The van der Waals surface area contributed by atoms with Crippen LogP contribution >= 0.6 is 15.9 Å². The fraction of sp³-hybridized carbons (Fsp3) is 0.350. The van der Waals surface area contributed by atoms with E-state index in [-0.39, 0.29) is 36.4 Å². The van der Waals surface area contributed by atoms with Crippen molar-refractivity contribution in [2.45, 2.75) is 37.9 Å². The second-order valence-corrected chi connectivity index (χ2v) is 8.65. The summed E-state index contributed by atoms with van der Waals surface area (Å²) in [7, 11) is 0. The molecule has 1 saturated carbocycles. The van der Waals surface area contributed by atoms with Gasteiger partial charge in [0, 0.05) is 18.4 Å². The zero-order valence-electron chi connectivity index (χ0n) is 16.3. The number of primary amides is 1. The number of pyridine rings is 1. The Morgan fingerprint density at radius 3 is 2.84 bits per heavy atom. The first-order chi connectivity index (χ1) is 14.9. The van der Waals surface area contributed by atoms with Crippen molar-refractivity contribution in [2.75, 3.05) is 0 Å². The molecule has 2 amide bonds. The van der Waals surface area contributed by atoms with E-state index < -0.39 is 11.9 Å². The first kappa shape index (κ1) is 19.7. The third kappa shape index (κ3) is 3.58. The number of carbonyl (C=O) groups is 3. The Labute approximate surface area is 185 Å². The van der Waals surface area contributed by atoms with Gasteiger partial charge in [-0.25, -0.2) is 14.6 Å². The Bertz CT molecular complexity index is 1230. The number of fused-ring (bicyclic) bond motifs is 2. The van der Waals surface area contributed by atoms with Gasteiger partial charge in [0.05, 0.1) is 29.7 Å².